The number of nitrogens with one attached hydrogen (secondary N) is 1. The Morgan fingerprint density at radius 3 is 2.29 bits per heavy atom. The number of carbonyl (C=O) groups excluding carboxylic acids is 3. The van der Waals surface area contributed by atoms with Crippen LogP contribution in [-0.2, 0) is 4.74 Å². The van der Waals surface area contributed by atoms with Crippen molar-refractivity contribution in [3.8, 4) is 0 Å². The van der Waals surface area contributed by atoms with E-state index in [1.807, 2.05) is 24.3 Å². The van der Waals surface area contributed by atoms with Crippen molar-refractivity contribution in [3.05, 3.63) is 71.4 Å². The van der Waals surface area contributed by atoms with Gasteiger partial charge in [0.2, 0.25) is 0 Å². The van der Waals surface area contributed by atoms with Gasteiger partial charge in [0.25, 0.3) is 11.8 Å². The fourth-order valence-electron chi connectivity index (χ4n) is 3.58. The summed E-state index contributed by atoms with van der Waals surface area (Å²) in [6.07, 6.45) is 1.67. The molecule has 0 unspecified atom stereocenters. The summed E-state index contributed by atoms with van der Waals surface area (Å²) in [4.78, 5) is 42.2. The molecule has 2 aromatic carbocycles. The smallest absolute Gasteiger partial charge is 0.262 e. The van der Waals surface area contributed by atoms with Gasteiger partial charge in [0.1, 0.15) is 6.61 Å². The quantitative estimate of drug-likeness (QED) is 0.528. The number of amides is 2. The van der Waals surface area contributed by atoms with Crippen LogP contribution in [0.4, 0.5) is 0 Å². The molecule has 2 heterocycles. The summed E-state index contributed by atoms with van der Waals surface area (Å²) in [6.45, 7) is 3.44. The fraction of sp³-hybridized carbons (Fsp3) is 0.227. The molecule has 1 aliphatic rings. The highest BCUT2D eigenvalue weighted by Crippen LogP contribution is 2.29. The van der Waals surface area contributed by atoms with Crippen molar-refractivity contribution < 1.29 is 19.1 Å². The summed E-state index contributed by atoms with van der Waals surface area (Å²) < 4.78 is 5.63. The van der Waals surface area contributed by atoms with Crippen molar-refractivity contribution in [2.24, 2.45) is 0 Å². The summed E-state index contributed by atoms with van der Waals surface area (Å²) in [5, 5.41) is 0.843. The highest BCUT2D eigenvalue weighted by molar-refractivity contribution is 6.21. The van der Waals surface area contributed by atoms with Crippen LogP contribution in [0.1, 0.15) is 44.9 Å². The number of nitrogens with zero attached hydrogens (tertiary/aromatic N) is 1. The monoisotopic (exact) mass is 376 g/mol. The minimum absolute atomic E-state index is 0.0621. The second-order valence-electron chi connectivity index (χ2n) is 7.47. The van der Waals surface area contributed by atoms with Crippen molar-refractivity contribution >= 4 is 28.5 Å². The van der Waals surface area contributed by atoms with E-state index in [9.17, 15) is 14.4 Å². The number of rotatable bonds is 6. The summed E-state index contributed by atoms with van der Waals surface area (Å²) in [5.41, 5.74) is 1.37. The molecule has 3 aromatic rings. The van der Waals surface area contributed by atoms with Crippen LogP contribution in [-0.4, -0.2) is 46.2 Å². The Morgan fingerprint density at radius 1 is 1.00 bits per heavy atom. The molecule has 6 nitrogen and oxygen atoms in total. The lowest BCUT2D eigenvalue weighted by Crippen LogP contribution is -2.50. The molecule has 0 saturated carbocycles. The van der Waals surface area contributed by atoms with Gasteiger partial charge >= 0.3 is 0 Å². The molecule has 142 valence electrons. The first kappa shape index (κ1) is 18.1. The molecule has 0 saturated heterocycles. The molecule has 1 aliphatic heterocycles. The molecule has 0 bridgehead atoms. The molecule has 2 amide bonds. The van der Waals surface area contributed by atoms with E-state index in [2.05, 4.69) is 4.98 Å². The molecule has 0 atom stereocenters. The van der Waals surface area contributed by atoms with Gasteiger partial charge in [-0.05, 0) is 32.0 Å². The van der Waals surface area contributed by atoms with Gasteiger partial charge in [0, 0.05) is 22.7 Å². The molecule has 6 heteroatoms. The van der Waals surface area contributed by atoms with Crippen molar-refractivity contribution in [1.82, 2.24) is 9.88 Å². The third-order valence-corrected chi connectivity index (χ3v) is 4.98. The van der Waals surface area contributed by atoms with Crippen LogP contribution in [0, 0.1) is 0 Å². The molecular weight excluding hydrogens is 356 g/mol. The molecular formula is C22H20N2O4. The third-order valence-electron chi connectivity index (χ3n) is 4.98. The van der Waals surface area contributed by atoms with Crippen LogP contribution in [0.15, 0.2) is 54.7 Å². The van der Waals surface area contributed by atoms with Gasteiger partial charge in [-0.3, -0.25) is 19.3 Å². The second-order valence-corrected chi connectivity index (χ2v) is 7.47. The van der Waals surface area contributed by atoms with Crippen LogP contribution >= 0.6 is 0 Å². The number of Topliss-reactive ketones (excluding diaryl/α,β-unsaturated/α-hetero) is 1. The number of aromatic amines is 1. The zero-order valence-electron chi connectivity index (χ0n) is 15.7. The lowest BCUT2D eigenvalue weighted by Gasteiger charge is -2.33. The van der Waals surface area contributed by atoms with E-state index in [1.165, 1.54) is 4.90 Å². The van der Waals surface area contributed by atoms with E-state index in [0.29, 0.717) is 16.7 Å². The average Bonchev–Trinajstić information content (AvgIpc) is 3.22. The Kier molecular flexibility index (Phi) is 4.35. The van der Waals surface area contributed by atoms with Crippen molar-refractivity contribution in [1.29, 1.82) is 0 Å². The third kappa shape index (κ3) is 2.92. The van der Waals surface area contributed by atoms with Crippen LogP contribution < -0.4 is 0 Å². The Hall–Kier alpha value is -3.25. The Morgan fingerprint density at radius 2 is 1.61 bits per heavy atom. The maximum absolute atomic E-state index is 12.7. The minimum atomic E-state index is -0.881. The first-order valence-corrected chi connectivity index (χ1v) is 9.05. The summed E-state index contributed by atoms with van der Waals surface area (Å²) >= 11 is 0. The standard InChI is InChI=1S/C22H20N2O4/c1-22(2,24-20(26)15-8-3-4-9-16(15)21(24)27)13-28-12-19(25)17-11-23-18-10-6-5-7-14(17)18/h3-11,23H,12-13H2,1-2H3. The van der Waals surface area contributed by atoms with E-state index < -0.39 is 5.54 Å². The first-order valence-electron chi connectivity index (χ1n) is 9.05. The minimum Gasteiger partial charge on any atom is -0.371 e. The number of ether oxygens (including phenoxy) is 1. The fourth-order valence-corrected chi connectivity index (χ4v) is 3.58. The van der Waals surface area contributed by atoms with Crippen molar-refractivity contribution in [3.63, 3.8) is 0 Å². The first-order chi connectivity index (χ1) is 13.4. The van der Waals surface area contributed by atoms with Crippen LogP contribution in [0.2, 0.25) is 0 Å². The van der Waals surface area contributed by atoms with E-state index in [0.717, 1.165) is 10.9 Å². The summed E-state index contributed by atoms with van der Waals surface area (Å²) in [6, 6.07) is 14.3. The van der Waals surface area contributed by atoms with Crippen LogP contribution in [0.5, 0.6) is 0 Å². The second kappa shape index (κ2) is 6.73. The number of H-pyrrole nitrogens is 1. The summed E-state index contributed by atoms with van der Waals surface area (Å²) in [7, 11) is 0. The molecule has 0 fully saturated rings. The molecule has 4 rings (SSSR count). The molecule has 0 radical (unpaired) electrons. The SMILES string of the molecule is CC(C)(COCC(=O)c1c[nH]c2ccccc12)N1C(=O)c2ccccc2C1=O. The van der Waals surface area contributed by atoms with Crippen molar-refractivity contribution in [2.75, 3.05) is 13.2 Å². The predicted octanol–water partition coefficient (Wildman–Crippen LogP) is 3.44. The van der Waals surface area contributed by atoms with Crippen LogP contribution in [0.25, 0.3) is 10.9 Å². The topological polar surface area (TPSA) is 79.5 Å². The predicted molar refractivity (Wildman–Crippen MR) is 104 cm³/mol. The van der Waals surface area contributed by atoms with Gasteiger partial charge < -0.3 is 9.72 Å². The Balaban J connectivity index is 1.44. The number of carbonyl (C=O) groups is 3. The molecule has 1 N–H and O–H groups in total. The van der Waals surface area contributed by atoms with Gasteiger partial charge in [-0.1, -0.05) is 30.3 Å². The normalized spacial score (nSPS) is 14.0. The number of imide groups is 1. The van der Waals surface area contributed by atoms with E-state index in [4.69, 9.17) is 4.74 Å². The highest BCUT2D eigenvalue weighted by Gasteiger charge is 2.44. The number of fused-ring (bicyclic) bond motifs is 2. The van der Waals surface area contributed by atoms with E-state index >= 15 is 0 Å². The molecule has 1 aromatic heterocycles. The average molecular weight is 376 g/mol. The zero-order chi connectivity index (χ0) is 19.9. The van der Waals surface area contributed by atoms with Gasteiger partial charge in [-0.25, -0.2) is 0 Å². The number of ketones is 1. The lowest BCUT2D eigenvalue weighted by molar-refractivity contribution is 0.0179. The van der Waals surface area contributed by atoms with Gasteiger partial charge in [0.15, 0.2) is 5.78 Å². The molecule has 0 aliphatic carbocycles. The number of aromatic nitrogens is 1. The number of hydrogen-bond donors (Lipinski definition) is 1. The number of para-hydroxylation sites is 1. The Labute approximate surface area is 162 Å². The van der Waals surface area contributed by atoms with Crippen LogP contribution in [0.3, 0.4) is 0 Å². The number of benzene rings is 2. The van der Waals surface area contributed by atoms with E-state index in [1.54, 1.807) is 44.3 Å². The maximum atomic E-state index is 12.7. The highest BCUT2D eigenvalue weighted by atomic mass is 16.5. The largest absolute Gasteiger partial charge is 0.371 e. The summed E-state index contributed by atoms with van der Waals surface area (Å²) in [5.74, 6) is -0.829. The molecule has 0 spiro atoms. The van der Waals surface area contributed by atoms with Gasteiger partial charge in [0.05, 0.1) is 23.3 Å². The Bertz CT molecular complexity index is 1060. The van der Waals surface area contributed by atoms with Crippen molar-refractivity contribution in [2.45, 2.75) is 19.4 Å². The lowest BCUT2D eigenvalue weighted by atomic mass is 10.0. The van der Waals surface area contributed by atoms with Gasteiger partial charge in [-0.2, -0.15) is 0 Å². The van der Waals surface area contributed by atoms with E-state index in [-0.39, 0.29) is 30.8 Å². The molecule has 28 heavy (non-hydrogen) atoms. The number of hydrogen-bond acceptors (Lipinski definition) is 4. The maximum Gasteiger partial charge on any atom is 0.262 e. The zero-order valence-corrected chi connectivity index (χ0v) is 15.7. The van der Waals surface area contributed by atoms with Gasteiger partial charge in [-0.15, -0.1) is 0 Å².